The Labute approximate surface area is 143 Å². The van der Waals surface area contributed by atoms with E-state index in [4.69, 9.17) is 4.74 Å². The molecule has 0 saturated heterocycles. The zero-order valence-electron chi connectivity index (χ0n) is 13.0. The molecule has 3 N–H and O–H groups in total. The van der Waals surface area contributed by atoms with Crippen molar-refractivity contribution in [3.05, 3.63) is 89.0 Å². The highest BCUT2D eigenvalue weighted by molar-refractivity contribution is 5.99. The number of fused-ring (bicyclic) bond motifs is 1. The van der Waals surface area contributed by atoms with E-state index in [0.29, 0.717) is 16.7 Å². The summed E-state index contributed by atoms with van der Waals surface area (Å²) in [6.45, 7) is 0. The zero-order chi connectivity index (χ0) is 17.6. The molecule has 0 unspecified atom stereocenters. The first-order chi connectivity index (χ1) is 12.0. The summed E-state index contributed by atoms with van der Waals surface area (Å²) >= 11 is 0. The molecule has 4 rings (SSSR count). The molecule has 1 aliphatic rings. The number of esters is 1. The molecule has 0 atom stereocenters. The summed E-state index contributed by atoms with van der Waals surface area (Å²) in [5.74, 6) is -0.605. The Balaban J connectivity index is 2.05. The van der Waals surface area contributed by atoms with Crippen molar-refractivity contribution in [2.45, 2.75) is 5.60 Å². The van der Waals surface area contributed by atoms with E-state index < -0.39 is 11.6 Å². The molecule has 0 bridgehead atoms. The van der Waals surface area contributed by atoms with Crippen molar-refractivity contribution in [1.29, 1.82) is 0 Å². The van der Waals surface area contributed by atoms with Crippen LogP contribution in [0.15, 0.2) is 66.7 Å². The minimum atomic E-state index is -1.27. The van der Waals surface area contributed by atoms with Gasteiger partial charge in [-0.1, -0.05) is 36.4 Å². The lowest BCUT2D eigenvalue weighted by Crippen LogP contribution is -2.29. The molecule has 0 radical (unpaired) electrons. The van der Waals surface area contributed by atoms with Gasteiger partial charge in [-0.2, -0.15) is 0 Å². The minimum Gasteiger partial charge on any atom is -0.508 e. The first-order valence-electron chi connectivity index (χ1n) is 7.67. The van der Waals surface area contributed by atoms with E-state index in [0.717, 1.165) is 0 Å². The van der Waals surface area contributed by atoms with Gasteiger partial charge in [-0.3, -0.25) is 0 Å². The molecule has 0 saturated carbocycles. The maximum absolute atomic E-state index is 12.5. The van der Waals surface area contributed by atoms with Crippen LogP contribution in [-0.4, -0.2) is 21.3 Å². The molecule has 1 aliphatic heterocycles. The lowest BCUT2D eigenvalue weighted by Gasteiger charge is -2.30. The van der Waals surface area contributed by atoms with Crippen LogP contribution >= 0.6 is 0 Å². The van der Waals surface area contributed by atoms with Gasteiger partial charge in [0.25, 0.3) is 0 Å². The molecular weight excluding hydrogens is 320 g/mol. The van der Waals surface area contributed by atoms with Crippen LogP contribution in [0.3, 0.4) is 0 Å². The van der Waals surface area contributed by atoms with E-state index in [9.17, 15) is 20.1 Å². The van der Waals surface area contributed by atoms with Gasteiger partial charge in [0, 0.05) is 16.7 Å². The van der Waals surface area contributed by atoms with Crippen molar-refractivity contribution in [3.63, 3.8) is 0 Å². The van der Waals surface area contributed by atoms with Crippen LogP contribution < -0.4 is 0 Å². The Morgan fingerprint density at radius 2 is 1.24 bits per heavy atom. The normalized spacial score (nSPS) is 14.8. The second-order valence-corrected chi connectivity index (χ2v) is 5.86. The van der Waals surface area contributed by atoms with Gasteiger partial charge in [-0.15, -0.1) is 0 Å². The second kappa shape index (κ2) is 5.27. The first kappa shape index (κ1) is 15.1. The van der Waals surface area contributed by atoms with Gasteiger partial charge in [0.2, 0.25) is 0 Å². The topological polar surface area (TPSA) is 87.0 Å². The fourth-order valence-electron chi connectivity index (χ4n) is 3.28. The summed E-state index contributed by atoms with van der Waals surface area (Å²) in [4.78, 5) is 12.5. The van der Waals surface area contributed by atoms with Gasteiger partial charge in [-0.25, -0.2) is 4.79 Å². The molecule has 25 heavy (non-hydrogen) atoms. The third-order valence-electron chi connectivity index (χ3n) is 4.42. The van der Waals surface area contributed by atoms with Crippen LogP contribution in [0.5, 0.6) is 17.2 Å². The zero-order valence-corrected chi connectivity index (χ0v) is 13.0. The standard InChI is InChI=1S/C20H14O5/c21-14-8-4-12(5-9-14)20(13-6-10-15(22)11-7-13)16-2-1-3-17(23)18(16)19(24)25-20/h1-11,21-23H. The fraction of sp³-hybridized carbons (Fsp3) is 0.0500. The lowest BCUT2D eigenvalue weighted by atomic mass is 9.80. The van der Waals surface area contributed by atoms with E-state index in [2.05, 4.69) is 0 Å². The maximum Gasteiger partial charge on any atom is 0.343 e. The largest absolute Gasteiger partial charge is 0.508 e. The van der Waals surface area contributed by atoms with Crippen molar-refractivity contribution in [3.8, 4) is 17.2 Å². The van der Waals surface area contributed by atoms with Gasteiger partial charge in [0.05, 0.1) is 0 Å². The number of ether oxygens (including phenoxy) is 1. The van der Waals surface area contributed by atoms with Crippen LogP contribution in [0.2, 0.25) is 0 Å². The molecule has 124 valence electrons. The number of carbonyl (C=O) groups is 1. The van der Waals surface area contributed by atoms with E-state index in [-0.39, 0.29) is 22.8 Å². The number of phenols is 3. The summed E-state index contributed by atoms with van der Waals surface area (Å²) in [5, 5.41) is 29.3. The van der Waals surface area contributed by atoms with Gasteiger partial charge < -0.3 is 20.1 Å². The minimum absolute atomic E-state index is 0.0880. The number of aromatic hydroxyl groups is 3. The van der Waals surface area contributed by atoms with Crippen LogP contribution in [0.1, 0.15) is 27.0 Å². The number of phenolic OH excluding ortho intramolecular Hbond substituents is 3. The first-order valence-corrected chi connectivity index (χ1v) is 7.67. The fourth-order valence-corrected chi connectivity index (χ4v) is 3.28. The summed E-state index contributed by atoms with van der Waals surface area (Å²) in [5.41, 5.74) is 0.590. The van der Waals surface area contributed by atoms with Crippen molar-refractivity contribution in [2.75, 3.05) is 0 Å². The van der Waals surface area contributed by atoms with E-state index in [1.165, 1.54) is 30.3 Å². The Hall–Kier alpha value is -3.47. The quantitative estimate of drug-likeness (QED) is 0.626. The number of hydrogen-bond acceptors (Lipinski definition) is 5. The number of hydrogen-bond donors (Lipinski definition) is 3. The third-order valence-corrected chi connectivity index (χ3v) is 4.42. The SMILES string of the molecule is O=C1OC(c2ccc(O)cc2)(c2ccc(O)cc2)c2cccc(O)c21. The molecular formula is C20H14O5. The molecule has 0 aliphatic carbocycles. The van der Waals surface area contributed by atoms with Crippen LogP contribution in [0.4, 0.5) is 0 Å². The molecule has 5 nitrogen and oxygen atoms in total. The number of benzene rings is 3. The van der Waals surface area contributed by atoms with Gasteiger partial charge in [0.1, 0.15) is 22.8 Å². The Kier molecular flexibility index (Phi) is 3.18. The third kappa shape index (κ3) is 2.13. The number of rotatable bonds is 2. The molecule has 1 heterocycles. The van der Waals surface area contributed by atoms with Gasteiger partial charge in [0.15, 0.2) is 5.60 Å². The predicted molar refractivity (Wildman–Crippen MR) is 89.6 cm³/mol. The average molecular weight is 334 g/mol. The van der Waals surface area contributed by atoms with Crippen molar-refractivity contribution in [2.24, 2.45) is 0 Å². The molecule has 3 aromatic rings. The molecule has 0 spiro atoms. The maximum atomic E-state index is 12.5. The number of carbonyl (C=O) groups excluding carboxylic acids is 1. The highest BCUT2D eigenvalue weighted by Gasteiger charge is 2.49. The molecule has 0 fully saturated rings. The molecule has 3 aromatic carbocycles. The smallest absolute Gasteiger partial charge is 0.343 e. The average Bonchev–Trinajstić information content (AvgIpc) is 2.91. The summed E-state index contributed by atoms with van der Waals surface area (Å²) in [6.07, 6.45) is 0. The van der Waals surface area contributed by atoms with Crippen LogP contribution in [-0.2, 0) is 10.3 Å². The van der Waals surface area contributed by atoms with Crippen molar-refractivity contribution in [1.82, 2.24) is 0 Å². The van der Waals surface area contributed by atoms with Crippen LogP contribution in [0, 0.1) is 0 Å². The second-order valence-electron chi connectivity index (χ2n) is 5.86. The molecule has 5 heteroatoms. The summed E-state index contributed by atoms with van der Waals surface area (Å²) < 4.78 is 5.79. The Morgan fingerprint density at radius 1 is 0.720 bits per heavy atom. The highest BCUT2D eigenvalue weighted by Crippen LogP contribution is 2.49. The number of cyclic esters (lactones) is 1. The monoisotopic (exact) mass is 334 g/mol. The van der Waals surface area contributed by atoms with E-state index in [1.807, 2.05) is 0 Å². The molecule has 0 aromatic heterocycles. The highest BCUT2D eigenvalue weighted by atomic mass is 16.6. The summed E-state index contributed by atoms with van der Waals surface area (Å²) in [6, 6.07) is 17.5. The van der Waals surface area contributed by atoms with Crippen molar-refractivity contribution >= 4 is 5.97 Å². The Morgan fingerprint density at radius 3 is 1.76 bits per heavy atom. The van der Waals surface area contributed by atoms with Gasteiger partial charge in [-0.05, 0) is 30.3 Å². The molecule has 0 amide bonds. The predicted octanol–water partition coefficient (Wildman–Crippen LogP) is 3.27. The lowest BCUT2D eigenvalue weighted by molar-refractivity contribution is 0.0250. The van der Waals surface area contributed by atoms with Crippen molar-refractivity contribution < 1.29 is 24.9 Å². The van der Waals surface area contributed by atoms with E-state index >= 15 is 0 Å². The summed E-state index contributed by atoms with van der Waals surface area (Å²) in [7, 11) is 0. The van der Waals surface area contributed by atoms with E-state index in [1.54, 1.807) is 36.4 Å². The van der Waals surface area contributed by atoms with Crippen LogP contribution in [0.25, 0.3) is 0 Å². The van der Waals surface area contributed by atoms with Gasteiger partial charge >= 0.3 is 5.97 Å². The Bertz CT molecular complexity index is 913.